The van der Waals surface area contributed by atoms with E-state index < -0.39 is 0 Å². The molecule has 0 aromatic carbocycles. The highest BCUT2D eigenvalue weighted by Gasteiger charge is 2.09. The molecule has 5 heteroatoms. The Bertz CT molecular complexity index is 243. The maximum Gasteiger partial charge on any atom is 0.0893 e. The minimum atomic E-state index is 0.852. The molecule has 1 N–H and O–H groups in total. The van der Waals surface area contributed by atoms with Gasteiger partial charge in [-0.05, 0) is 37.5 Å². The van der Waals surface area contributed by atoms with Gasteiger partial charge in [-0.1, -0.05) is 4.49 Å². The van der Waals surface area contributed by atoms with Crippen LogP contribution in [-0.2, 0) is 6.54 Å². The summed E-state index contributed by atoms with van der Waals surface area (Å²) in [7, 11) is 0. The van der Waals surface area contributed by atoms with Gasteiger partial charge >= 0.3 is 0 Å². The molecule has 14 heavy (non-hydrogen) atoms. The van der Waals surface area contributed by atoms with Crippen LogP contribution in [-0.4, -0.2) is 40.7 Å². The van der Waals surface area contributed by atoms with Crippen molar-refractivity contribution in [3.05, 3.63) is 11.1 Å². The molecular weight excluding hydrogens is 196 g/mol. The Morgan fingerprint density at radius 3 is 3.00 bits per heavy atom. The molecule has 78 valence electrons. The van der Waals surface area contributed by atoms with Crippen molar-refractivity contribution in [1.82, 2.24) is 19.8 Å². The molecule has 1 fully saturated rings. The standard InChI is InChI=1S/C9H16N4S/c1-2-5-13(4-1)6-3-10-7-9-8-14-12-11-9/h8,10H,1-7H2. The zero-order valence-electron chi connectivity index (χ0n) is 8.28. The topological polar surface area (TPSA) is 41.1 Å². The van der Waals surface area contributed by atoms with Gasteiger partial charge in [-0.25, -0.2) is 0 Å². The summed E-state index contributed by atoms with van der Waals surface area (Å²) in [4.78, 5) is 2.51. The van der Waals surface area contributed by atoms with E-state index in [1.807, 2.05) is 5.38 Å². The Kier molecular flexibility index (Phi) is 3.85. The van der Waals surface area contributed by atoms with Crippen LogP contribution in [0.5, 0.6) is 0 Å². The van der Waals surface area contributed by atoms with Crippen molar-refractivity contribution < 1.29 is 0 Å². The molecule has 0 spiro atoms. The van der Waals surface area contributed by atoms with Gasteiger partial charge in [0.05, 0.1) is 5.69 Å². The molecule has 0 bridgehead atoms. The lowest BCUT2D eigenvalue weighted by molar-refractivity contribution is 0.335. The van der Waals surface area contributed by atoms with E-state index in [9.17, 15) is 0 Å². The summed E-state index contributed by atoms with van der Waals surface area (Å²) in [6, 6.07) is 0. The molecule has 1 aromatic rings. The number of aromatic nitrogens is 2. The largest absolute Gasteiger partial charge is 0.310 e. The molecule has 0 radical (unpaired) electrons. The van der Waals surface area contributed by atoms with E-state index in [2.05, 4.69) is 19.8 Å². The van der Waals surface area contributed by atoms with Crippen LogP contribution in [0.3, 0.4) is 0 Å². The van der Waals surface area contributed by atoms with Crippen LogP contribution in [0.4, 0.5) is 0 Å². The van der Waals surface area contributed by atoms with Gasteiger partial charge in [0.1, 0.15) is 0 Å². The predicted octanol–water partition coefficient (Wildman–Crippen LogP) is 0.723. The summed E-state index contributed by atoms with van der Waals surface area (Å²) in [6.07, 6.45) is 2.74. The molecule has 0 aliphatic carbocycles. The molecule has 2 heterocycles. The Hall–Kier alpha value is -0.520. The van der Waals surface area contributed by atoms with Gasteiger partial charge in [-0.2, -0.15) is 0 Å². The van der Waals surface area contributed by atoms with Crippen molar-refractivity contribution in [2.24, 2.45) is 0 Å². The van der Waals surface area contributed by atoms with E-state index in [0.717, 1.165) is 25.3 Å². The first-order valence-electron chi connectivity index (χ1n) is 5.14. The molecular formula is C9H16N4S. The summed E-state index contributed by atoms with van der Waals surface area (Å²) in [5.41, 5.74) is 1.05. The number of hydrogen-bond acceptors (Lipinski definition) is 5. The zero-order valence-corrected chi connectivity index (χ0v) is 9.09. The number of likely N-dealkylation sites (tertiary alicyclic amines) is 1. The van der Waals surface area contributed by atoms with E-state index in [0.29, 0.717) is 0 Å². The minimum Gasteiger partial charge on any atom is -0.310 e. The molecule has 4 nitrogen and oxygen atoms in total. The second-order valence-electron chi connectivity index (χ2n) is 3.62. The van der Waals surface area contributed by atoms with E-state index in [1.165, 1.54) is 37.5 Å². The van der Waals surface area contributed by atoms with Crippen LogP contribution in [0, 0.1) is 0 Å². The van der Waals surface area contributed by atoms with Crippen LogP contribution in [0.1, 0.15) is 18.5 Å². The van der Waals surface area contributed by atoms with Gasteiger partial charge in [0.25, 0.3) is 0 Å². The smallest absolute Gasteiger partial charge is 0.0893 e. The van der Waals surface area contributed by atoms with Crippen molar-refractivity contribution in [1.29, 1.82) is 0 Å². The molecule has 0 saturated carbocycles. The first-order valence-corrected chi connectivity index (χ1v) is 5.98. The number of nitrogens with zero attached hydrogens (tertiary/aromatic N) is 3. The Morgan fingerprint density at radius 2 is 2.29 bits per heavy atom. The van der Waals surface area contributed by atoms with Crippen molar-refractivity contribution >= 4 is 11.5 Å². The normalized spacial score (nSPS) is 17.7. The maximum absolute atomic E-state index is 3.98. The van der Waals surface area contributed by atoms with Crippen LogP contribution in [0.15, 0.2) is 5.38 Å². The Balaban J connectivity index is 1.55. The van der Waals surface area contributed by atoms with Crippen LogP contribution in [0.2, 0.25) is 0 Å². The van der Waals surface area contributed by atoms with E-state index in [1.54, 1.807) is 0 Å². The molecule has 0 unspecified atom stereocenters. The highest BCUT2D eigenvalue weighted by molar-refractivity contribution is 7.03. The highest BCUT2D eigenvalue weighted by Crippen LogP contribution is 2.05. The zero-order chi connectivity index (χ0) is 9.64. The highest BCUT2D eigenvalue weighted by atomic mass is 32.1. The predicted molar refractivity (Wildman–Crippen MR) is 57.3 cm³/mol. The molecule has 2 rings (SSSR count). The van der Waals surface area contributed by atoms with Crippen molar-refractivity contribution in [2.45, 2.75) is 19.4 Å². The van der Waals surface area contributed by atoms with Crippen molar-refractivity contribution in [3.63, 3.8) is 0 Å². The number of rotatable bonds is 5. The SMILES string of the molecule is c1snnc1CNCCN1CCCC1. The lowest BCUT2D eigenvalue weighted by atomic mass is 10.4. The average molecular weight is 212 g/mol. The Morgan fingerprint density at radius 1 is 1.43 bits per heavy atom. The first kappa shape index (κ1) is 10.0. The van der Waals surface area contributed by atoms with Crippen LogP contribution >= 0.6 is 11.5 Å². The van der Waals surface area contributed by atoms with Crippen molar-refractivity contribution in [2.75, 3.05) is 26.2 Å². The molecule has 0 amide bonds. The van der Waals surface area contributed by atoms with E-state index in [-0.39, 0.29) is 0 Å². The Labute approximate surface area is 88.5 Å². The van der Waals surface area contributed by atoms with Gasteiger partial charge in [0.15, 0.2) is 0 Å². The van der Waals surface area contributed by atoms with Crippen LogP contribution < -0.4 is 5.32 Å². The molecule has 1 aromatic heterocycles. The fourth-order valence-electron chi connectivity index (χ4n) is 1.72. The summed E-state index contributed by atoms with van der Waals surface area (Å²) >= 11 is 1.41. The third kappa shape index (κ3) is 3.01. The van der Waals surface area contributed by atoms with Gasteiger partial charge in [-0.15, -0.1) is 5.10 Å². The number of nitrogens with one attached hydrogen (secondary N) is 1. The lowest BCUT2D eigenvalue weighted by Crippen LogP contribution is -2.29. The second kappa shape index (κ2) is 5.38. The monoisotopic (exact) mass is 212 g/mol. The van der Waals surface area contributed by atoms with Gasteiger partial charge < -0.3 is 10.2 Å². The minimum absolute atomic E-state index is 0.852. The van der Waals surface area contributed by atoms with Gasteiger partial charge in [0, 0.05) is 25.0 Å². The molecule has 1 saturated heterocycles. The quantitative estimate of drug-likeness (QED) is 0.730. The molecule has 0 atom stereocenters. The average Bonchev–Trinajstić information content (AvgIpc) is 2.86. The third-order valence-electron chi connectivity index (χ3n) is 2.51. The summed E-state index contributed by atoms with van der Waals surface area (Å²) in [6.45, 7) is 5.62. The van der Waals surface area contributed by atoms with E-state index in [4.69, 9.17) is 0 Å². The summed E-state index contributed by atoms with van der Waals surface area (Å²) < 4.78 is 3.82. The maximum atomic E-state index is 3.98. The van der Waals surface area contributed by atoms with Gasteiger partial charge in [0.2, 0.25) is 0 Å². The van der Waals surface area contributed by atoms with Gasteiger partial charge in [-0.3, -0.25) is 0 Å². The van der Waals surface area contributed by atoms with E-state index >= 15 is 0 Å². The third-order valence-corrected chi connectivity index (χ3v) is 3.07. The fraction of sp³-hybridized carbons (Fsp3) is 0.778. The lowest BCUT2D eigenvalue weighted by Gasteiger charge is -2.14. The summed E-state index contributed by atoms with van der Waals surface area (Å²) in [5.74, 6) is 0. The van der Waals surface area contributed by atoms with Crippen LogP contribution in [0.25, 0.3) is 0 Å². The second-order valence-corrected chi connectivity index (χ2v) is 4.23. The van der Waals surface area contributed by atoms with Crippen molar-refractivity contribution in [3.8, 4) is 0 Å². The summed E-state index contributed by atoms with van der Waals surface area (Å²) in [5, 5.41) is 9.34. The first-order chi connectivity index (χ1) is 6.95. The fourth-order valence-corrected chi connectivity index (χ4v) is 2.17. The number of hydrogen-bond donors (Lipinski definition) is 1. The molecule has 1 aliphatic heterocycles. The molecule has 1 aliphatic rings.